The monoisotopic (exact) mass is 360 g/mol. The summed E-state index contributed by atoms with van der Waals surface area (Å²) in [6.45, 7) is -0.651. The second kappa shape index (κ2) is 6.12. The Labute approximate surface area is 129 Å². The van der Waals surface area contributed by atoms with Crippen LogP contribution in [0.2, 0.25) is 0 Å². The maximum absolute atomic E-state index is 14.1. The van der Waals surface area contributed by atoms with Gasteiger partial charge in [0.1, 0.15) is 12.1 Å². The van der Waals surface area contributed by atoms with Gasteiger partial charge >= 0.3 is 16.4 Å². The lowest BCUT2D eigenvalue weighted by atomic mass is 9.96. The van der Waals surface area contributed by atoms with Crippen molar-refractivity contribution in [2.24, 2.45) is 5.73 Å². The molecule has 14 heteroatoms. The van der Waals surface area contributed by atoms with E-state index in [-0.39, 0.29) is 18.2 Å². The van der Waals surface area contributed by atoms with Crippen molar-refractivity contribution in [3.05, 3.63) is 0 Å². The first-order valence-corrected chi connectivity index (χ1v) is 7.69. The summed E-state index contributed by atoms with van der Waals surface area (Å²) >= 11 is 0. The van der Waals surface area contributed by atoms with E-state index in [1.807, 2.05) is 5.48 Å². The molecule has 4 N–H and O–H groups in total. The van der Waals surface area contributed by atoms with Crippen LogP contribution >= 0.6 is 0 Å². The molecule has 0 aromatic carbocycles. The van der Waals surface area contributed by atoms with E-state index in [9.17, 15) is 26.8 Å². The quantitative estimate of drug-likeness (QED) is 0.286. The lowest BCUT2D eigenvalue weighted by molar-refractivity contribution is -0.159. The van der Waals surface area contributed by atoms with Crippen LogP contribution in [0.4, 0.5) is 13.6 Å². The minimum absolute atomic E-state index is 0.0661. The van der Waals surface area contributed by atoms with Gasteiger partial charge in [-0.25, -0.2) is 19.1 Å². The Hall–Kier alpha value is -1.61. The van der Waals surface area contributed by atoms with Crippen molar-refractivity contribution in [2.45, 2.75) is 24.4 Å². The first kappa shape index (κ1) is 17.7. The summed E-state index contributed by atoms with van der Waals surface area (Å²) in [6, 6.07) is -4.84. The van der Waals surface area contributed by atoms with Crippen LogP contribution in [0, 0.1) is 0 Å². The lowest BCUT2D eigenvalue weighted by Gasteiger charge is -2.34. The number of rotatable bonds is 6. The topological polar surface area (TPSA) is 151 Å². The fourth-order valence-electron chi connectivity index (χ4n) is 2.34. The van der Waals surface area contributed by atoms with E-state index in [0.29, 0.717) is 4.90 Å². The van der Waals surface area contributed by atoms with Crippen LogP contribution in [-0.4, -0.2) is 72.6 Å². The summed E-state index contributed by atoms with van der Waals surface area (Å²) in [6.07, 6.45) is -1.06. The van der Waals surface area contributed by atoms with Gasteiger partial charge in [0.2, 0.25) is 0 Å². The number of alkyl halides is 2. The van der Waals surface area contributed by atoms with Crippen LogP contribution in [0.25, 0.3) is 0 Å². The fourth-order valence-corrected chi connectivity index (χ4v) is 2.71. The number of hydroxylamine groups is 3. The Bertz CT molecular complexity index is 601. The van der Waals surface area contributed by atoms with Crippen molar-refractivity contribution in [3.63, 3.8) is 0 Å². The molecule has 2 bridgehead atoms. The minimum Gasteiger partial charge on any atom is -0.328 e. The molecule has 0 unspecified atom stereocenters. The molecule has 0 radical (unpaired) electrons. The number of nitrogens with two attached hydrogens (primary N) is 1. The van der Waals surface area contributed by atoms with Gasteiger partial charge in [0.15, 0.2) is 0 Å². The van der Waals surface area contributed by atoms with E-state index < -0.39 is 53.3 Å². The molecule has 11 nitrogen and oxygen atoms in total. The number of carbonyl (C=O) groups is 2. The van der Waals surface area contributed by atoms with Gasteiger partial charge in [-0.2, -0.15) is 13.5 Å². The Kier molecular flexibility index (Phi) is 4.72. The lowest BCUT2D eigenvalue weighted by Crippen LogP contribution is -2.56. The zero-order valence-electron chi connectivity index (χ0n) is 11.5. The number of nitrogens with zero attached hydrogens (tertiary/aromatic N) is 2. The highest BCUT2D eigenvalue weighted by atomic mass is 32.3. The first-order valence-electron chi connectivity index (χ1n) is 6.33. The minimum atomic E-state index is -5.18. The molecule has 2 aliphatic heterocycles. The average molecular weight is 360 g/mol. The molecule has 2 heterocycles. The SMILES string of the molecule is NCCONC(=O)[C@@H]1CC(F)(F)[C@@H]2CN1C(=O)N2OS(=O)(=O)O. The van der Waals surface area contributed by atoms with E-state index in [2.05, 4.69) is 9.12 Å². The van der Waals surface area contributed by atoms with E-state index in [4.69, 9.17) is 10.3 Å². The van der Waals surface area contributed by atoms with Crippen LogP contribution in [-0.2, 0) is 24.3 Å². The summed E-state index contributed by atoms with van der Waals surface area (Å²) in [4.78, 5) is 29.2. The van der Waals surface area contributed by atoms with Crippen LogP contribution < -0.4 is 11.2 Å². The van der Waals surface area contributed by atoms with Crippen molar-refractivity contribution in [2.75, 3.05) is 19.7 Å². The zero-order chi connectivity index (χ0) is 17.4. The molecule has 2 aliphatic rings. The summed E-state index contributed by atoms with van der Waals surface area (Å²) < 4.78 is 62.0. The van der Waals surface area contributed by atoms with Gasteiger partial charge in [-0.1, -0.05) is 0 Å². The van der Waals surface area contributed by atoms with Crippen molar-refractivity contribution in [1.82, 2.24) is 15.4 Å². The molecule has 2 atom stereocenters. The summed E-state index contributed by atoms with van der Waals surface area (Å²) in [5.41, 5.74) is 7.02. The predicted octanol–water partition coefficient (Wildman–Crippen LogP) is -1.76. The third-order valence-corrected chi connectivity index (χ3v) is 3.63. The fraction of sp³-hybridized carbons (Fsp3) is 0.778. The van der Waals surface area contributed by atoms with E-state index in [1.165, 1.54) is 0 Å². The zero-order valence-corrected chi connectivity index (χ0v) is 12.3. The number of nitrogens with one attached hydrogen (secondary N) is 1. The number of carbonyl (C=O) groups excluding carboxylic acids is 2. The van der Waals surface area contributed by atoms with Gasteiger partial charge in [0, 0.05) is 13.0 Å². The molecule has 2 saturated heterocycles. The van der Waals surface area contributed by atoms with E-state index in [0.717, 1.165) is 0 Å². The van der Waals surface area contributed by atoms with Gasteiger partial charge in [-0.05, 0) is 0 Å². The van der Waals surface area contributed by atoms with Gasteiger partial charge in [0.25, 0.3) is 11.8 Å². The van der Waals surface area contributed by atoms with Gasteiger partial charge in [-0.3, -0.25) is 14.2 Å². The number of halogens is 2. The first-order chi connectivity index (χ1) is 10.6. The standard InChI is InChI=1S/C9H14F2N4O7S/c10-9(11)3-5(7(16)13-21-2-1-12)14-4-6(9)15(8(14)17)22-23(18,19)20/h5-6H,1-4,12H2,(H,13,16)(H,18,19,20)/t5-,6-/m0/s1. The summed E-state index contributed by atoms with van der Waals surface area (Å²) in [5, 5.41) is -0.149. The molecule has 0 aliphatic carbocycles. The van der Waals surface area contributed by atoms with Gasteiger partial charge in [-0.15, -0.1) is 4.28 Å². The van der Waals surface area contributed by atoms with Gasteiger partial charge in [0.05, 0.1) is 13.2 Å². The maximum atomic E-state index is 14.1. The number of hydrogen-bond donors (Lipinski definition) is 3. The Morgan fingerprint density at radius 1 is 1.52 bits per heavy atom. The molecule has 3 amide bonds. The molecule has 2 fully saturated rings. The molecule has 132 valence electrons. The molecular weight excluding hydrogens is 346 g/mol. The summed E-state index contributed by atoms with van der Waals surface area (Å²) in [7, 11) is -5.18. The molecule has 0 spiro atoms. The molecule has 23 heavy (non-hydrogen) atoms. The number of urea groups is 1. The van der Waals surface area contributed by atoms with Crippen LogP contribution in [0.5, 0.6) is 0 Å². The van der Waals surface area contributed by atoms with Crippen molar-refractivity contribution >= 4 is 22.3 Å². The molecule has 2 rings (SSSR count). The third kappa shape index (κ3) is 3.66. The van der Waals surface area contributed by atoms with Crippen molar-refractivity contribution in [1.29, 1.82) is 0 Å². The number of piperidine rings is 1. The molecule has 0 saturated carbocycles. The van der Waals surface area contributed by atoms with E-state index >= 15 is 0 Å². The van der Waals surface area contributed by atoms with E-state index in [1.54, 1.807) is 0 Å². The number of hydrogen-bond acceptors (Lipinski definition) is 7. The Morgan fingerprint density at radius 3 is 2.74 bits per heavy atom. The molecular formula is C9H14F2N4O7S. The number of fused-ring (bicyclic) bond motifs is 2. The smallest absolute Gasteiger partial charge is 0.328 e. The highest BCUT2D eigenvalue weighted by molar-refractivity contribution is 7.80. The second-order valence-corrected chi connectivity index (χ2v) is 5.87. The van der Waals surface area contributed by atoms with Gasteiger partial charge < -0.3 is 10.6 Å². The molecule has 0 aromatic rings. The van der Waals surface area contributed by atoms with Crippen LogP contribution in [0.3, 0.4) is 0 Å². The van der Waals surface area contributed by atoms with Crippen molar-refractivity contribution in [3.8, 4) is 0 Å². The number of amides is 3. The second-order valence-electron chi connectivity index (χ2n) is 4.86. The molecule has 0 aromatic heterocycles. The summed E-state index contributed by atoms with van der Waals surface area (Å²) in [5.74, 6) is -4.64. The normalized spacial score (nSPS) is 26.5. The highest BCUT2D eigenvalue weighted by Gasteiger charge is 2.62. The largest absolute Gasteiger partial charge is 0.418 e. The Balaban J connectivity index is 2.19. The van der Waals surface area contributed by atoms with Crippen LogP contribution in [0.15, 0.2) is 0 Å². The Morgan fingerprint density at radius 2 is 2.17 bits per heavy atom. The third-order valence-electron chi connectivity index (χ3n) is 3.29. The van der Waals surface area contributed by atoms with Crippen molar-refractivity contribution < 1.29 is 40.5 Å². The van der Waals surface area contributed by atoms with Crippen LogP contribution in [0.1, 0.15) is 6.42 Å². The maximum Gasteiger partial charge on any atom is 0.418 e. The predicted molar refractivity (Wildman–Crippen MR) is 66.9 cm³/mol. The highest BCUT2D eigenvalue weighted by Crippen LogP contribution is 2.40. The average Bonchev–Trinajstić information content (AvgIpc) is 2.69.